The van der Waals surface area contributed by atoms with Gasteiger partial charge in [0, 0.05) is 0 Å². The summed E-state index contributed by atoms with van der Waals surface area (Å²) in [5, 5.41) is 0. The zero-order valence-corrected chi connectivity index (χ0v) is 14.7. The molecule has 0 atom stereocenters. The molecule has 0 N–H and O–H groups in total. The van der Waals surface area contributed by atoms with Crippen molar-refractivity contribution in [3.05, 3.63) is 53.6 Å². The van der Waals surface area contributed by atoms with Gasteiger partial charge in [0.25, 0.3) is 0 Å². The standard InChI is InChI=1S/C20H22O5/c1-4-24-20(21)14-25-19-13-16(10-11-18(19)23-3)9-8-15-6-5-7-17(12-15)22-2/h5-13H,4,14H2,1-3H3/b9-8+. The maximum Gasteiger partial charge on any atom is 0.344 e. The number of carbonyl (C=O) groups is 1. The van der Waals surface area contributed by atoms with E-state index in [9.17, 15) is 4.79 Å². The normalized spacial score (nSPS) is 10.5. The van der Waals surface area contributed by atoms with Crippen molar-refractivity contribution in [1.29, 1.82) is 0 Å². The molecule has 132 valence electrons. The average Bonchev–Trinajstić information content (AvgIpc) is 2.65. The summed E-state index contributed by atoms with van der Waals surface area (Å²) >= 11 is 0. The first-order valence-corrected chi connectivity index (χ1v) is 7.95. The Morgan fingerprint density at radius 2 is 1.72 bits per heavy atom. The highest BCUT2D eigenvalue weighted by molar-refractivity contribution is 5.73. The third kappa shape index (κ3) is 5.57. The van der Waals surface area contributed by atoms with E-state index in [1.165, 1.54) is 0 Å². The van der Waals surface area contributed by atoms with E-state index < -0.39 is 5.97 Å². The van der Waals surface area contributed by atoms with Gasteiger partial charge >= 0.3 is 5.97 Å². The summed E-state index contributed by atoms with van der Waals surface area (Å²) in [4.78, 5) is 11.5. The Morgan fingerprint density at radius 3 is 2.40 bits per heavy atom. The van der Waals surface area contributed by atoms with Crippen LogP contribution in [-0.4, -0.2) is 33.4 Å². The molecule has 2 aromatic carbocycles. The van der Waals surface area contributed by atoms with Gasteiger partial charge < -0.3 is 18.9 Å². The number of rotatable bonds is 8. The molecule has 0 heterocycles. The number of benzene rings is 2. The molecule has 2 rings (SSSR count). The molecule has 0 saturated carbocycles. The first-order valence-electron chi connectivity index (χ1n) is 7.95. The number of methoxy groups -OCH3 is 2. The topological polar surface area (TPSA) is 54.0 Å². The van der Waals surface area contributed by atoms with Gasteiger partial charge in [-0.2, -0.15) is 0 Å². The summed E-state index contributed by atoms with van der Waals surface area (Å²) in [5.74, 6) is 1.43. The minimum absolute atomic E-state index is 0.159. The molecule has 0 saturated heterocycles. The second kappa shape index (κ2) is 9.37. The number of hydrogen-bond acceptors (Lipinski definition) is 5. The van der Waals surface area contributed by atoms with Gasteiger partial charge in [0.05, 0.1) is 20.8 Å². The minimum atomic E-state index is -0.415. The molecule has 2 aromatic rings. The number of ether oxygens (including phenoxy) is 4. The van der Waals surface area contributed by atoms with Crippen LogP contribution < -0.4 is 14.2 Å². The predicted octanol–water partition coefficient (Wildman–Crippen LogP) is 3.82. The quantitative estimate of drug-likeness (QED) is 0.539. The zero-order valence-electron chi connectivity index (χ0n) is 14.7. The molecule has 0 aromatic heterocycles. The Morgan fingerprint density at radius 1 is 0.960 bits per heavy atom. The highest BCUT2D eigenvalue weighted by atomic mass is 16.6. The minimum Gasteiger partial charge on any atom is -0.497 e. The maximum atomic E-state index is 11.5. The van der Waals surface area contributed by atoms with Crippen molar-refractivity contribution in [2.45, 2.75) is 6.92 Å². The lowest BCUT2D eigenvalue weighted by Gasteiger charge is -2.11. The van der Waals surface area contributed by atoms with E-state index in [-0.39, 0.29) is 6.61 Å². The van der Waals surface area contributed by atoms with Crippen LogP contribution in [0.5, 0.6) is 17.2 Å². The van der Waals surface area contributed by atoms with Crippen LogP contribution in [0.1, 0.15) is 18.1 Å². The van der Waals surface area contributed by atoms with Crippen LogP contribution in [0.25, 0.3) is 12.2 Å². The lowest BCUT2D eigenvalue weighted by atomic mass is 10.1. The summed E-state index contributed by atoms with van der Waals surface area (Å²) in [5.41, 5.74) is 1.94. The van der Waals surface area contributed by atoms with Crippen LogP contribution >= 0.6 is 0 Å². The van der Waals surface area contributed by atoms with Crippen molar-refractivity contribution in [2.75, 3.05) is 27.4 Å². The molecule has 5 nitrogen and oxygen atoms in total. The van der Waals surface area contributed by atoms with Crippen molar-refractivity contribution < 1.29 is 23.7 Å². The molecule has 5 heteroatoms. The highest BCUT2D eigenvalue weighted by Gasteiger charge is 2.08. The van der Waals surface area contributed by atoms with E-state index >= 15 is 0 Å². The van der Waals surface area contributed by atoms with E-state index in [1.54, 1.807) is 27.2 Å². The molecule has 0 aliphatic carbocycles. The maximum absolute atomic E-state index is 11.5. The third-order valence-electron chi connectivity index (χ3n) is 3.40. The van der Waals surface area contributed by atoms with E-state index in [1.807, 2.05) is 48.6 Å². The van der Waals surface area contributed by atoms with Gasteiger partial charge in [0.15, 0.2) is 18.1 Å². The van der Waals surface area contributed by atoms with E-state index in [2.05, 4.69) is 0 Å². The summed E-state index contributed by atoms with van der Waals surface area (Å²) in [6.45, 7) is 1.92. The van der Waals surface area contributed by atoms with E-state index in [4.69, 9.17) is 18.9 Å². The molecule has 0 bridgehead atoms. The number of carbonyl (C=O) groups excluding carboxylic acids is 1. The summed E-state index contributed by atoms with van der Waals surface area (Å²) in [6, 6.07) is 13.3. The molecule has 0 aliphatic heterocycles. The Labute approximate surface area is 147 Å². The van der Waals surface area contributed by atoms with Crippen LogP contribution in [0, 0.1) is 0 Å². The Hall–Kier alpha value is -2.95. The third-order valence-corrected chi connectivity index (χ3v) is 3.40. The van der Waals surface area contributed by atoms with Crippen molar-refractivity contribution in [3.8, 4) is 17.2 Å². The summed E-state index contributed by atoms with van der Waals surface area (Å²) in [6.07, 6.45) is 3.92. The molecule has 25 heavy (non-hydrogen) atoms. The molecule has 0 fully saturated rings. The Bertz CT molecular complexity index is 737. The summed E-state index contributed by atoms with van der Waals surface area (Å²) in [7, 11) is 3.19. The largest absolute Gasteiger partial charge is 0.497 e. The van der Waals surface area contributed by atoms with Gasteiger partial charge in [-0.3, -0.25) is 0 Å². The number of hydrogen-bond donors (Lipinski definition) is 0. The van der Waals surface area contributed by atoms with Crippen LogP contribution in [0.2, 0.25) is 0 Å². The van der Waals surface area contributed by atoms with Gasteiger partial charge in [-0.1, -0.05) is 30.4 Å². The van der Waals surface area contributed by atoms with E-state index in [0.717, 1.165) is 16.9 Å². The predicted molar refractivity (Wildman–Crippen MR) is 97.0 cm³/mol. The van der Waals surface area contributed by atoms with Crippen molar-refractivity contribution in [2.24, 2.45) is 0 Å². The number of esters is 1. The van der Waals surface area contributed by atoms with Crippen molar-refractivity contribution in [3.63, 3.8) is 0 Å². The second-order valence-electron chi connectivity index (χ2n) is 5.11. The van der Waals surface area contributed by atoms with Gasteiger partial charge in [-0.25, -0.2) is 4.79 Å². The van der Waals surface area contributed by atoms with Gasteiger partial charge in [-0.15, -0.1) is 0 Å². The van der Waals surface area contributed by atoms with E-state index in [0.29, 0.717) is 18.1 Å². The van der Waals surface area contributed by atoms with Crippen LogP contribution in [0.3, 0.4) is 0 Å². The van der Waals surface area contributed by atoms with Crippen molar-refractivity contribution in [1.82, 2.24) is 0 Å². The monoisotopic (exact) mass is 342 g/mol. The molecule has 0 spiro atoms. The fourth-order valence-corrected chi connectivity index (χ4v) is 2.19. The molecule has 0 amide bonds. The Balaban J connectivity index is 2.14. The SMILES string of the molecule is CCOC(=O)COc1cc(/C=C/c2cccc(OC)c2)ccc1OC. The molecule has 0 aliphatic rings. The lowest BCUT2D eigenvalue weighted by molar-refractivity contribution is -0.145. The fourth-order valence-electron chi connectivity index (χ4n) is 2.19. The second-order valence-corrected chi connectivity index (χ2v) is 5.11. The first-order chi connectivity index (χ1) is 12.2. The van der Waals surface area contributed by atoms with Crippen LogP contribution in [0.4, 0.5) is 0 Å². The molecular weight excluding hydrogens is 320 g/mol. The summed E-state index contributed by atoms with van der Waals surface area (Å²) < 4.78 is 20.9. The zero-order chi connectivity index (χ0) is 18.1. The lowest BCUT2D eigenvalue weighted by Crippen LogP contribution is -2.14. The smallest absolute Gasteiger partial charge is 0.344 e. The van der Waals surface area contributed by atoms with Gasteiger partial charge in [-0.05, 0) is 42.3 Å². The Kier molecular flexibility index (Phi) is 6.89. The van der Waals surface area contributed by atoms with Crippen molar-refractivity contribution >= 4 is 18.1 Å². The van der Waals surface area contributed by atoms with Crippen LogP contribution in [-0.2, 0) is 9.53 Å². The molecule has 0 unspecified atom stereocenters. The molecular formula is C20H22O5. The fraction of sp³-hybridized carbons (Fsp3) is 0.250. The average molecular weight is 342 g/mol. The highest BCUT2D eigenvalue weighted by Crippen LogP contribution is 2.29. The van der Waals surface area contributed by atoms with Gasteiger partial charge in [0.1, 0.15) is 5.75 Å². The van der Waals surface area contributed by atoms with Gasteiger partial charge in [0.2, 0.25) is 0 Å². The molecule has 0 radical (unpaired) electrons. The first kappa shape index (κ1) is 18.4. The van der Waals surface area contributed by atoms with Crippen LogP contribution in [0.15, 0.2) is 42.5 Å².